The summed E-state index contributed by atoms with van der Waals surface area (Å²) in [5, 5.41) is 4.79. The van der Waals surface area contributed by atoms with E-state index >= 15 is 0 Å². The van der Waals surface area contributed by atoms with E-state index in [0.29, 0.717) is 11.1 Å². The van der Waals surface area contributed by atoms with Gasteiger partial charge in [0.05, 0.1) is 6.20 Å². The van der Waals surface area contributed by atoms with E-state index in [1.807, 2.05) is 18.2 Å². The van der Waals surface area contributed by atoms with Gasteiger partial charge in [-0.3, -0.25) is 0 Å². The standard InChI is InChI=1S/C14H17ClN2OS/c1-10(2)8-16-9-11-3-4-12(15)7-13(11)19-14-17-5-6-18-14/h3-7,10,16H,8-9H2,1-2H3. The van der Waals surface area contributed by atoms with Crippen molar-refractivity contribution in [2.75, 3.05) is 6.54 Å². The molecule has 0 bridgehead atoms. The molecule has 5 heteroatoms. The Labute approximate surface area is 122 Å². The van der Waals surface area contributed by atoms with E-state index in [1.54, 1.807) is 12.5 Å². The number of rotatable bonds is 6. The molecule has 0 saturated carbocycles. The molecule has 0 aliphatic heterocycles. The van der Waals surface area contributed by atoms with Crippen molar-refractivity contribution in [1.82, 2.24) is 10.3 Å². The van der Waals surface area contributed by atoms with Crippen molar-refractivity contribution < 1.29 is 4.42 Å². The number of nitrogens with one attached hydrogen (secondary N) is 1. The van der Waals surface area contributed by atoms with Crippen molar-refractivity contribution in [2.24, 2.45) is 5.92 Å². The van der Waals surface area contributed by atoms with Crippen LogP contribution in [0, 0.1) is 5.92 Å². The van der Waals surface area contributed by atoms with Crippen molar-refractivity contribution in [2.45, 2.75) is 30.5 Å². The lowest BCUT2D eigenvalue weighted by Crippen LogP contribution is -2.19. The van der Waals surface area contributed by atoms with Crippen molar-refractivity contribution in [3.05, 3.63) is 41.2 Å². The summed E-state index contributed by atoms with van der Waals surface area (Å²) in [6.45, 7) is 6.19. The molecule has 0 amide bonds. The zero-order chi connectivity index (χ0) is 13.7. The van der Waals surface area contributed by atoms with Gasteiger partial charge >= 0.3 is 0 Å². The van der Waals surface area contributed by atoms with Gasteiger partial charge in [0.15, 0.2) is 0 Å². The Morgan fingerprint density at radius 3 is 2.95 bits per heavy atom. The Hall–Kier alpha value is -0.970. The summed E-state index contributed by atoms with van der Waals surface area (Å²) < 4.78 is 5.26. The summed E-state index contributed by atoms with van der Waals surface area (Å²) in [4.78, 5) is 5.20. The van der Waals surface area contributed by atoms with Gasteiger partial charge in [0, 0.05) is 16.5 Å². The van der Waals surface area contributed by atoms with E-state index in [4.69, 9.17) is 16.0 Å². The minimum absolute atomic E-state index is 0.632. The second-order valence-corrected chi connectivity index (χ2v) is 6.11. The fourth-order valence-electron chi connectivity index (χ4n) is 1.62. The van der Waals surface area contributed by atoms with E-state index in [2.05, 4.69) is 24.1 Å². The molecule has 2 rings (SSSR count). The molecule has 0 aliphatic rings. The number of hydrogen-bond acceptors (Lipinski definition) is 4. The quantitative estimate of drug-likeness (QED) is 0.866. The highest BCUT2D eigenvalue weighted by atomic mass is 35.5. The van der Waals surface area contributed by atoms with Crippen LogP contribution in [0.2, 0.25) is 5.02 Å². The van der Waals surface area contributed by atoms with E-state index in [9.17, 15) is 0 Å². The Morgan fingerprint density at radius 2 is 2.26 bits per heavy atom. The number of nitrogens with zero attached hydrogens (tertiary/aromatic N) is 1. The first-order chi connectivity index (χ1) is 9.15. The molecule has 0 unspecified atom stereocenters. The van der Waals surface area contributed by atoms with E-state index in [0.717, 1.165) is 23.0 Å². The molecule has 1 aromatic carbocycles. The van der Waals surface area contributed by atoms with Crippen LogP contribution in [-0.4, -0.2) is 11.5 Å². The van der Waals surface area contributed by atoms with E-state index in [-0.39, 0.29) is 0 Å². The third-order valence-corrected chi connectivity index (χ3v) is 3.72. The van der Waals surface area contributed by atoms with E-state index in [1.165, 1.54) is 17.3 Å². The van der Waals surface area contributed by atoms with Crippen molar-refractivity contribution in [3.8, 4) is 0 Å². The second kappa shape index (κ2) is 6.98. The normalized spacial score (nSPS) is 11.2. The van der Waals surface area contributed by atoms with Gasteiger partial charge in [-0.2, -0.15) is 0 Å². The number of hydrogen-bond donors (Lipinski definition) is 1. The highest BCUT2D eigenvalue weighted by molar-refractivity contribution is 7.99. The number of benzene rings is 1. The minimum atomic E-state index is 0.632. The lowest BCUT2D eigenvalue weighted by Gasteiger charge is -2.11. The zero-order valence-corrected chi connectivity index (χ0v) is 12.6. The zero-order valence-electron chi connectivity index (χ0n) is 11.0. The summed E-state index contributed by atoms with van der Waals surface area (Å²) in [6.07, 6.45) is 3.22. The van der Waals surface area contributed by atoms with Crippen molar-refractivity contribution in [1.29, 1.82) is 0 Å². The molecule has 3 nitrogen and oxygen atoms in total. The fourth-order valence-corrected chi connectivity index (χ4v) is 2.72. The third kappa shape index (κ3) is 4.56. The van der Waals surface area contributed by atoms with Gasteiger partial charge in [-0.15, -0.1) is 0 Å². The van der Waals surface area contributed by atoms with Crippen LogP contribution in [-0.2, 0) is 6.54 Å². The Balaban J connectivity index is 2.09. The smallest absolute Gasteiger partial charge is 0.260 e. The van der Waals surface area contributed by atoms with Crippen LogP contribution in [0.3, 0.4) is 0 Å². The molecule has 0 atom stereocenters. The summed E-state index contributed by atoms with van der Waals surface area (Å²) >= 11 is 7.55. The molecule has 2 aromatic rings. The molecule has 0 saturated heterocycles. The van der Waals surface area contributed by atoms with Gasteiger partial charge in [0.25, 0.3) is 5.22 Å². The minimum Gasteiger partial charge on any atom is -0.440 e. The molecule has 19 heavy (non-hydrogen) atoms. The molecule has 0 radical (unpaired) electrons. The Bertz CT molecular complexity index is 514. The molecule has 0 spiro atoms. The average molecular weight is 297 g/mol. The average Bonchev–Trinajstić information content (AvgIpc) is 2.84. The molecular weight excluding hydrogens is 280 g/mol. The van der Waals surface area contributed by atoms with Crippen LogP contribution in [0.1, 0.15) is 19.4 Å². The lowest BCUT2D eigenvalue weighted by atomic mass is 10.2. The van der Waals surface area contributed by atoms with Gasteiger partial charge in [0.2, 0.25) is 0 Å². The largest absolute Gasteiger partial charge is 0.440 e. The first kappa shape index (κ1) is 14.4. The van der Waals surface area contributed by atoms with Crippen LogP contribution < -0.4 is 5.32 Å². The molecule has 1 aromatic heterocycles. The van der Waals surface area contributed by atoms with E-state index < -0.39 is 0 Å². The van der Waals surface area contributed by atoms with Crippen molar-refractivity contribution in [3.63, 3.8) is 0 Å². The van der Waals surface area contributed by atoms with Crippen LogP contribution in [0.25, 0.3) is 0 Å². The summed E-state index contributed by atoms with van der Waals surface area (Å²) in [5.74, 6) is 0.634. The molecule has 0 fully saturated rings. The summed E-state index contributed by atoms with van der Waals surface area (Å²) in [5.41, 5.74) is 1.20. The van der Waals surface area contributed by atoms with Gasteiger partial charge in [-0.25, -0.2) is 4.98 Å². The first-order valence-corrected chi connectivity index (χ1v) is 7.41. The van der Waals surface area contributed by atoms with Crippen LogP contribution in [0.5, 0.6) is 0 Å². The highest BCUT2D eigenvalue weighted by Crippen LogP contribution is 2.31. The maximum atomic E-state index is 6.06. The Kier molecular flexibility index (Phi) is 5.31. The molecule has 1 heterocycles. The van der Waals surface area contributed by atoms with Crippen molar-refractivity contribution >= 4 is 23.4 Å². The molecular formula is C14H17ClN2OS. The number of aromatic nitrogens is 1. The maximum Gasteiger partial charge on any atom is 0.260 e. The SMILES string of the molecule is CC(C)CNCc1ccc(Cl)cc1Sc1ncco1. The highest BCUT2D eigenvalue weighted by Gasteiger charge is 2.08. The van der Waals surface area contributed by atoms with Crippen LogP contribution >= 0.6 is 23.4 Å². The first-order valence-electron chi connectivity index (χ1n) is 6.21. The van der Waals surface area contributed by atoms with Gasteiger partial charge in [-0.05, 0) is 41.9 Å². The monoisotopic (exact) mass is 296 g/mol. The summed E-state index contributed by atoms with van der Waals surface area (Å²) in [6, 6.07) is 5.90. The second-order valence-electron chi connectivity index (χ2n) is 4.68. The molecule has 1 N–H and O–H groups in total. The number of halogens is 1. The van der Waals surface area contributed by atoms with Crippen LogP contribution in [0.4, 0.5) is 0 Å². The maximum absolute atomic E-state index is 6.06. The lowest BCUT2D eigenvalue weighted by molar-refractivity contribution is 0.454. The van der Waals surface area contributed by atoms with Gasteiger partial charge in [-0.1, -0.05) is 31.5 Å². The van der Waals surface area contributed by atoms with Crippen LogP contribution in [0.15, 0.2) is 45.2 Å². The topological polar surface area (TPSA) is 38.1 Å². The fraction of sp³-hybridized carbons (Fsp3) is 0.357. The Morgan fingerprint density at radius 1 is 1.42 bits per heavy atom. The third-order valence-electron chi connectivity index (χ3n) is 2.50. The van der Waals surface area contributed by atoms with Gasteiger partial charge < -0.3 is 9.73 Å². The summed E-state index contributed by atoms with van der Waals surface area (Å²) in [7, 11) is 0. The number of oxazole rings is 1. The predicted octanol–water partition coefficient (Wildman–Crippen LogP) is 4.22. The molecule has 102 valence electrons. The predicted molar refractivity (Wildman–Crippen MR) is 78.6 cm³/mol. The van der Waals surface area contributed by atoms with Gasteiger partial charge in [0.1, 0.15) is 6.26 Å². The molecule has 0 aliphatic carbocycles.